The number of hydrogen-bond donors (Lipinski definition) is 1. The van der Waals surface area contributed by atoms with Crippen molar-refractivity contribution in [2.24, 2.45) is 0 Å². The zero-order valence-electron chi connectivity index (χ0n) is 17.4. The summed E-state index contributed by atoms with van der Waals surface area (Å²) in [4.78, 5) is 27.5. The Labute approximate surface area is 181 Å². The molecule has 0 saturated carbocycles. The molecule has 30 heavy (non-hydrogen) atoms. The van der Waals surface area contributed by atoms with Gasteiger partial charge in [-0.3, -0.25) is 9.59 Å². The molecular formula is C24H26ClNO4. The van der Waals surface area contributed by atoms with Crippen molar-refractivity contribution in [1.29, 1.82) is 0 Å². The summed E-state index contributed by atoms with van der Waals surface area (Å²) in [6, 6.07) is 11.7. The molecule has 1 amide bonds. The molecule has 1 aliphatic rings. The van der Waals surface area contributed by atoms with Gasteiger partial charge in [-0.15, -0.1) is 0 Å². The predicted octanol–water partition coefficient (Wildman–Crippen LogP) is 5.27. The Balaban J connectivity index is 2.18. The number of methoxy groups -OCH3 is 1. The fourth-order valence-corrected chi connectivity index (χ4v) is 3.91. The second-order valence-electron chi connectivity index (χ2n) is 7.45. The summed E-state index contributed by atoms with van der Waals surface area (Å²) < 4.78 is 5.38. The third-order valence-corrected chi connectivity index (χ3v) is 5.59. The molecular weight excluding hydrogens is 402 g/mol. The smallest absolute Gasteiger partial charge is 0.295 e. The minimum atomic E-state index is -0.687. The molecule has 1 fully saturated rings. The number of rotatable bonds is 7. The molecule has 0 radical (unpaired) electrons. The third kappa shape index (κ3) is 4.21. The van der Waals surface area contributed by atoms with Crippen LogP contribution in [-0.2, 0) is 9.59 Å². The van der Waals surface area contributed by atoms with E-state index < -0.39 is 17.7 Å². The molecule has 0 aromatic heterocycles. The molecule has 1 N–H and O–H groups in total. The van der Waals surface area contributed by atoms with Crippen LogP contribution in [0.1, 0.15) is 48.9 Å². The summed E-state index contributed by atoms with van der Waals surface area (Å²) in [6.45, 7) is 4.40. The number of carbonyl (C=O) groups excluding carboxylic acids is 2. The summed E-state index contributed by atoms with van der Waals surface area (Å²) in [6.07, 6.45) is 2.72. The zero-order valence-corrected chi connectivity index (χ0v) is 18.2. The van der Waals surface area contributed by atoms with E-state index in [9.17, 15) is 14.7 Å². The maximum atomic E-state index is 13.0. The van der Waals surface area contributed by atoms with Gasteiger partial charge in [0.15, 0.2) is 0 Å². The number of Topliss-reactive ketones (excluding diaryl/α,β-unsaturated/α-hetero) is 1. The number of hydrogen-bond acceptors (Lipinski definition) is 4. The van der Waals surface area contributed by atoms with Crippen LogP contribution in [0.2, 0.25) is 5.02 Å². The van der Waals surface area contributed by atoms with Crippen molar-refractivity contribution in [2.75, 3.05) is 13.7 Å². The molecule has 2 aromatic rings. The van der Waals surface area contributed by atoms with Gasteiger partial charge in [-0.1, -0.05) is 55.1 Å². The van der Waals surface area contributed by atoms with Gasteiger partial charge in [0.05, 0.1) is 24.3 Å². The van der Waals surface area contributed by atoms with Gasteiger partial charge in [-0.25, -0.2) is 0 Å². The Hall–Kier alpha value is -2.79. The van der Waals surface area contributed by atoms with E-state index in [4.69, 9.17) is 16.3 Å². The number of ketones is 1. The number of ether oxygens (including phenoxy) is 1. The van der Waals surface area contributed by atoms with Crippen molar-refractivity contribution < 1.29 is 19.4 Å². The Kier molecular flexibility index (Phi) is 6.83. The van der Waals surface area contributed by atoms with E-state index in [-0.39, 0.29) is 11.3 Å². The normalized spacial score (nSPS) is 18.1. The van der Waals surface area contributed by atoms with Crippen LogP contribution < -0.4 is 4.74 Å². The van der Waals surface area contributed by atoms with Gasteiger partial charge in [-0.05, 0) is 43.2 Å². The molecule has 3 rings (SSSR count). The number of aliphatic hydroxyl groups is 1. The Morgan fingerprint density at radius 1 is 1.13 bits per heavy atom. The number of amides is 1. The molecule has 1 aliphatic heterocycles. The number of benzene rings is 2. The van der Waals surface area contributed by atoms with E-state index in [1.807, 2.05) is 13.0 Å². The van der Waals surface area contributed by atoms with E-state index >= 15 is 0 Å². The van der Waals surface area contributed by atoms with Gasteiger partial charge in [0.1, 0.15) is 11.5 Å². The Bertz CT molecular complexity index is 981. The van der Waals surface area contributed by atoms with Crippen LogP contribution in [0.15, 0.2) is 48.0 Å². The summed E-state index contributed by atoms with van der Waals surface area (Å²) in [5.41, 5.74) is 2.09. The average Bonchev–Trinajstić information content (AvgIpc) is 2.99. The average molecular weight is 428 g/mol. The first-order valence-electron chi connectivity index (χ1n) is 10.1. The second kappa shape index (κ2) is 9.35. The lowest BCUT2D eigenvalue weighted by Crippen LogP contribution is -2.30. The van der Waals surface area contributed by atoms with Crippen molar-refractivity contribution in [3.63, 3.8) is 0 Å². The van der Waals surface area contributed by atoms with Crippen molar-refractivity contribution in [1.82, 2.24) is 4.90 Å². The standard InChI is InChI=1S/C24H26ClNO4/c1-4-5-6-13-26-21(16-8-10-17(25)11-9-16)20(23(28)24(26)29)22(27)18-14-15(2)7-12-19(18)30-3/h7-12,14,21,27H,4-6,13H2,1-3H3/b22-20+. The third-order valence-electron chi connectivity index (χ3n) is 5.34. The van der Waals surface area contributed by atoms with Crippen molar-refractivity contribution in [2.45, 2.75) is 39.2 Å². The molecule has 1 saturated heterocycles. The van der Waals surface area contributed by atoms with E-state index in [1.165, 1.54) is 7.11 Å². The van der Waals surface area contributed by atoms with Crippen molar-refractivity contribution >= 4 is 29.1 Å². The van der Waals surface area contributed by atoms with Crippen LogP contribution >= 0.6 is 11.6 Å². The second-order valence-corrected chi connectivity index (χ2v) is 7.89. The summed E-state index contributed by atoms with van der Waals surface area (Å²) in [5, 5.41) is 11.8. The monoisotopic (exact) mass is 427 g/mol. The highest BCUT2D eigenvalue weighted by atomic mass is 35.5. The molecule has 0 spiro atoms. The van der Waals surface area contributed by atoms with E-state index in [2.05, 4.69) is 6.92 Å². The molecule has 1 atom stereocenters. The fourth-order valence-electron chi connectivity index (χ4n) is 3.79. The quantitative estimate of drug-likeness (QED) is 0.283. The molecule has 0 aliphatic carbocycles. The lowest BCUT2D eigenvalue weighted by molar-refractivity contribution is -0.139. The van der Waals surface area contributed by atoms with Crippen LogP contribution in [0, 0.1) is 6.92 Å². The van der Waals surface area contributed by atoms with Crippen LogP contribution in [0.5, 0.6) is 5.75 Å². The highest BCUT2D eigenvalue weighted by molar-refractivity contribution is 6.46. The summed E-state index contributed by atoms with van der Waals surface area (Å²) in [7, 11) is 1.50. The maximum absolute atomic E-state index is 13.0. The first-order valence-corrected chi connectivity index (χ1v) is 10.5. The fraction of sp³-hybridized carbons (Fsp3) is 0.333. The minimum absolute atomic E-state index is 0.0720. The first kappa shape index (κ1) is 21.9. The van der Waals surface area contributed by atoms with Crippen LogP contribution in [-0.4, -0.2) is 35.4 Å². The lowest BCUT2D eigenvalue weighted by atomic mass is 9.94. The SMILES string of the molecule is CCCCCN1C(=O)C(=O)/C(=C(/O)c2cc(C)ccc2OC)C1c1ccc(Cl)cc1. The predicted molar refractivity (Wildman–Crippen MR) is 118 cm³/mol. The lowest BCUT2D eigenvalue weighted by Gasteiger charge is -2.25. The van der Waals surface area contributed by atoms with Crippen molar-refractivity contribution in [3.8, 4) is 5.75 Å². The Morgan fingerprint density at radius 2 is 1.83 bits per heavy atom. The largest absolute Gasteiger partial charge is 0.507 e. The molecule has 0 bridgehead atoms. The van der Waals surface area contributed by atoms with E-state index in [0.717, 1.165) is 30.4 Å². The molecule has 6 heteroatoms. The van der Waals surface area contributed by atoms with Crippen LogP contribution in [0.3, 0.4) is 0 Å². The molecule has 5 nitrogen and oxygen atoms in total. The van der Waals surface area contributed by atoms with Gasteiger partial charge >= 0.3 is 0 Å². The first-order chi connectivity index (χ1) is 14.4. The number of carbonyl (C=O) groups is 2. The van der Waals surface area contributed by atoms with Gasteiger partial charge in [0.25, 0.3) is 11.7 Å². The molecule has 2 aromatic carbocycles. The minimum Gasteiger partial charge on any atom is -0.507 e. The topological polar surface area (TPSA) is 66.8 Å². The zero-order chi connectivity index (χ0) is 21.8. The van der Waals surface area contributed by atoms with Gasteiger partial charge < -0.3 is 14.7 Å². The number of aryl methyl sites for hydroxylation is 1. The highest BCUT2D eigenvalue weighted by Crippen LogP contribution is 2.41. The van der Waals surface area contributed by atoms with Crippen LogP contribution in [0.4, 0.5) is 0 Å². The van der Waals surface area contributed by atoms with E-state index in [0.29, 0.717) is 22.9 Å². The van der Waals surface area contributed by atoms with Crippen molar-refractivity contribution in [3.05, 3.63) is 69.8 Å². The maximum Gasteiger partial charge on any atom is 0.295 e. The number of nitrogens with zero attached hydrogens (tertiary/aromatic N) is 1. The number of likely N-dealkylation sites (tertiary alicyclic amines) is 1. The van der Waals surface area contributed by atoms with Crippen LogP contribution in [0.25, 0.3) is 5.76 Å². The molecule has 1 heterocycles. The number of halogens is 1. The van der Waals surface area contributed by atoms with Gasteiger partial charge in [0, 0.05) is 11.6 Å². The van der Waals surface area contributed by atoms with Gasteiger partial charge in [0.2, 0.25) is 0 Å². The number of unbranched alkanes of at least 4 members (excludes halogenated alkanes) is 2. The van der Waals surface area contributed by atoms with E-state index in [1.54, 1.807) is 41.3 Å². The highest BCUT2D eigenvalue weighted by Gasteiger charge is 2.46. The summed E-state index contributed by atoms with van der Waals surface area (Å²) in [5.74, 6) is -1.08. The molecule has 158 valence electrons. The molecule has 1 unspecified atom stereocenters. The summed E-state index contributed by atoms with van der Waals surface area (Å²) >= 11 is 6.04. The Morgan fingerprint density at radius 3 is 2.47 bits per heavy atom. The number of aliphatic hydroxyl groups excluding tert-OH is 1. The van der Waals surface area contributed by atoms with Gasteiger partial charge in [-0.2, -0.15) is 0 Å².